The Balaban J connectivity index is 1.73. The maximum atomic E-state index is 12.9. The van der Waals surface area contributed by atoms with E-state index in [1.54, 1.807) is 23.0 Å². The third-order valence-corrected chi connectivity index (χ3v) is 2.82. The molecule has 2 aromatic heterocycles. The summed E-state index contributed by atoms with van der Waals surface area (Å²) in [6, 6.07) is 5.84. The number of benzene rings is 1. The normalized spacial score (nSPS) is 11.0. The second kappa shape index (κ2) is 5.80. The summed E-state index contributed by atoms with van der Waals surface area (Å²) in [5.41, 5.74) is 1.36. The van der Waals surface area contributed by atoms with Crippen LogP contribution in [0.5, 0.6) is 0 Å². The van der Waals surface area contributed by atoms with Crippen molar-refractivity contribution in [3.63, 3.8) is 0 Å². The zero-order chi connectivity index (χ0) is 14.7. The number of hydrogen-bond acceptors (Lipinski definition) is 6. The van der Waals surface area contributed by atoms with Gasteiger partial charge in [-0.2, -0.15) is 4.98 Å². The van der Waals surface area contributed by atoms with Crippen molar-refractivity contribution in [3.8, 4) is 11.4 Å². The van der Waals surface area contributed by atoms with Gasteiger partial charge in [0.15, 0.2) is 0 Å². The molecule has 7 nitrogen and oxygen atoms in total. The van der Waals surface area contributed by atoms with Gasteiger partial charge in [0.2, 0.25) is 11.7 Å². The number of rotatable bonds is 5. The van der Waals surface area contributed by atoms with Gasteiger partial charge in [0.25, 0.3) is 0 Å². The van der Waals surface area contributed by atoms with Gasteiger partial charge in [0.05, 0.1) is 5.69 Å². The predicted octanol–water partition coefficient (Wildman–Crippen LogP) is 1.05. The van der Waals surface area contributed by atoms with Crippen LogP contribution in [0.1, 0.15) is 11.6 Å². The summed E-state index contributed by atoms with van der Waals surface area (Å²) in [6.07, 6.45) is 2.16. The summed E-state index contributed by atoms with van der Waals surface area (Å²) in [5.74, 6) is 0.442. The molecule has 108 valence electrons. The highest BCUT2D eigenvalue weighted by molar-refractivity contribution is 5.53. The zero-order valence-electron chi connectivity index (χ0n) is 11.0. The number of aromatic nitrogens is 5. The van der Waals surface area contributed by atoms with Crippen molar-refractivity contribution in [2.75, 3.05) is 6.61 Å². The van der Waals surface area contributed by atoms with Crippen molar-refractivity contribution in [1.29, 1.82) is 0 Å². The Labute approximate surface area is 119 Å². The van der Waals surface area contributed by atoms with Crippen molar-refractivity contribution in [3.05, 3.63) is 47.9 Å². The quantitative estimate of drug-likeness (QED) is 0.755. The molecule has 1 aromatic carbocycles. The molecule has 3 aromatic rings. The van der Waals surface area contributed by atoms with Gasteiger partial charge in [0.1, 0.15) is 12.4 Å². The molecule has 8 heteroatoms. The molecule has 0 bridgehead atoms. The van der Waals surface area contributed by atoms with Crippen molar-refractivity contribution < 1.29 is 14.0 Å². The largest absolute Gasteiger partial charge is 0.396 e. The standard InChI is InChI=1S/C13H12FN5O2/c14-10-3-1-9(2-4-10)13-15-12(21-17-13)8-19-7-11(5-6-20)16-18-19/h1-4,7,20H,5-6,8H2. The van der Waals surface area contributed by atoms with Crippen LogP contribution in [-0.2, 0) is 13.0 Å². The van der Waals surface area contributed by atoms with Crippen LogP contribution >= 0.6 is 0 Å². The average molecular weight is 289 g/mol. The van der Waals surface area contributed by atoms with E-state index in [0.29, 0.717) is 29.4 Å². The molecule has 0 atom stereocenters. The molecule has 0 radical (unpaired) electrons. The van der Waals surface area contributed by atoms with Crippen LogP contribution in [0.15, 0.2) is 35.0 Å². The van der Waals surface area contributed by atoms with E-state index in [4.69, 9.17) is 9.63 Å². The Bertz CT molecular complexity index is 722. The van der Waals surface area contributed by atoms with Crippen LogP contribution in [0.2, 0.25) is 0 Å². The molecule has 0 saturated heterocycles. The number of aliphatic hydroxyl groups excluding tert-OH is 1. The first kappa shape index (κ1) is 13.4. The minimum atomic E-state index is -0.318. The second-order valence-corrected chi connectivity index (χ2v) is 4.40. The van der Waals surface area contributed by atoms with Gasteiger partial charge in [-0.25, -0.2) is 9.07 Å². The van der Waals surface area contributed by atoms with E-state index in [9.17, 15) is 4.39 Å². The Hall–Kier alpha value is -2.61. The highest BCUT2D eigenvalue weighted by Crippen LogP contribution is 2.16. The number of nitrogens with zero attached hydrogens (tertiary/aromatic N) is 5. The van der Waals surface area contributed by atoms with Crippen LogP contribution < -0.4 is 0 Å². The third-order valence-electron chi connectivity index (χ3n) is 2.82. The molecule has 0 aliphatic heterocycles. The summed E-state index contributed by atoms with van der Waals surface area (Å²) in [4.78, 5) is 4.22. The number of hydrogen-bond donors (Lipinski definition) is 1. The molecule has 0 aliphatic carbocycles. The zero-order valence-corrected chi connectivity index (χ0v) is 11.0. The first-order chi connectivity index (χ1) is 10.2. The van der Waals surface area contributed by atoms with E-state index in [2.05, 4.69) is 20.5 Å². The lowest BCUT2D eigenvalue weighted by atomic mass is 10.2. The van der Waals surface area contributed by atoms with Gasteiger partial charge in [-0.15, -0.1) is 5.10 Å². The Morgan fingerprint density at radius 3 is 2.81 bits per heavy atom. The highest BCUT2D eigenvalue weighted by atomic mass is 19.1. The fourth-order valence-corrected chi connectivity index (χ4v) is 1.82. The molecule has 0 spiro atoms. The number of aliphatic hydroxyl groups is 1. The first-order valence-electron chi connectivity index (χ1n) is 6.33. The lowest BCUT2D eigenvalue weighted by Crippen LogP contribution is -2.00. The minimum absolute atomic E-state index is 0.0218. The molecule has 2 heterocycles. The van der Waals surface area contributed by atoms with Crippen LogP contribution in [0, 0.1) is 5.82 Å². The maximum absolute atomic E-state index is 12.9. The molecule has 0 amide bonds. The van der Waals surface area contributed by atoms with Gasteiger partial charge in [0, 0.05) is 24.8 Å². The highest BCUT2D eigenvalue weighted by Gasteiger charge is 2.10. The van der Waals surface area contributed by atoms with E-state index < -0.39 is 0 Å². The predicted molar refractivity (Wildman–Crippen MR) is 69.6 cm³/mol. The summed E-state index contributed by atoms with van der Waals surface area (Å²) >= 11 is 0. The summed E-state index contributed by atoms with van der Waals surface area (Å²) in [7, 11) is 0. The van der Waals surface area contributed by atoms with Gasteiger partial charge >= 0.3 is 0 Å². The van der Waals surface area contributed by atoms with Gasteiger partial charge in [-0.3, -0.25) is 0 Å². The van der Waals surface area contributed by atoms with E-state index in [1.165, 1.54) is 12.1 Å². The molecule has 1 N–H and O–H groups in total. The Kier molecular flexibility index (Phi) is 3.69. The summed E-state index contributed by atoms with van der Waals surface area (Å²) in [6.45, 7) is 0.306. The van der Waals surface area contributed by atoms with Crippen molar-refractivity contribution in [1.82, 2.24) is 25.1 Å². The molecule has 0 saturated carbocycles. The fraction of sp³-hybridized carbons (Fsp3) is 0.231. The van der Waals surface area contributed by atoms with Gasteiger partial charge < -0.3 is 9.63 Å². The fourth-order valence-electron chi connectivity index (χ4n) is 1.82. The van der Waals surface area contributed by atoms with Crippen LogP contribution in [0.25, 0.3) is 11.4 Å². The van der Waals surface area contributed by atoms with Crippen LogP contribution in [0.3, 0.4) is 0 Å². The molecule has 21 heavy (non-hydrogen) atoms. The van der Waals surface area contributed by atoms with Crippen molar-refractivity contribution in [2.45, 2.75) is 13.0 Å². The Morgan fingerprint density at radius 1 is 1.24 bits per heavy atom. The molecule has 3 rings (SSSR count). The lowest BCUT2D eigenvalue weighted by molar-refractivity contribution is 0.298. The number of halogens is 1. The smallest absolute Gasteiger partial charge is 0.248 e. The maximum Gasteiger partial charge on any atom is 0.248 e. The van der Waals surface area contributed by atoms with E-state index in [1.807, 2.05) is 0 Å². The average Bonchev–Trinajstić information content (AvgIpc) is 3.11. The monoisotopic (exact) mass is 289 g/mol. The summed E-state index contributed by atoms with van der Waals surface area (Å²) in [5, 5.41) is 20.5. The van der Waals surface area contributed by atoms with E-state index in [-0.39, 0.29) is 19.0 Å². The summed E-state index contributed by atoms with van der Waals surface area (Å²) < 4.78 is 19.5. The van der Waals surface area contributed by atoms with E-state index in [0.717, 1.165) is 0 Å². The van der Waals surface area contributed by atoms with Gasteiger partial charge in [-0.05, 0) is 24.3 Å². The van der Waals surface area contributed by atoms with Crippen molar-refractivity contribution in [2.24, 2.45) is 0 Å². The minimum Gasteiger partial charge on any atom is -0.396 e. The van der Waals surface area contributed by atoms with Crippen molar-refractivity contribution >= 4 is 0 Å². The SMILES string of the molecule is OCCc1cn(Cc2nc(-c3ccc(F)cc3)no2)nn1. The topological polar surface area (TPSA) is 89.9 Å². The van der Waals surface area contributed by atoms with Crippen LogP contribution in [0.4, 0.5) is 4.39 Å². The molecule has 0 fully saturated rings. The molecule has 0 unspecified atom stereocenters. The van der Waals surface area contributed by atoms with Crippen LogP contribution in [-0.4, -0.2) is 36.8 Å². The molecule has 0 aliphatic rings. The molecular weight excluding hydrogens is 277 g/mol. The first-order valence-corrected chi connectivity index (χ1v) is 6.33. The third kappa shape index (κ3) is 3.11. The molecular formula is C13H12FN5O2. The van der Waals surface area contributed by atoms with E-state index >= 15 is 0 Å². The Morgan fingerprint density at radius 2 is 2.05 bits per heavy atom. The lowest BCUT2D eigenvalue weighted by Gasteiger charge is -1.93. The second-order valence-electron chi connectivity index (χ2n) is 4.40. The van der Waals surface area contributed by atoms with Gasteiger partial charge in [-0.1, -0.05) is 10.4 Å².